The van der Waals surface area contributed by atoms with Gasteiger partial charge < -0.3 is 15.4 Å². The van der Waals surface area contributed by atoms with Crippen molar-refractivity contribution in [3.63, 3.8) is 0 Å². The average molecular weight is 449 g/mol. The molecular weight excluding hydrogens is 423 g/mol. The Morgan fingerprint density at radius 2 is 2.13 bits per heavy atom. The van der Waals surface area contributed by atoms with Gasteiger partial charge in [0.05, 0.1) is 7.11 Å². The van der Waals surface area contributed by atoms with Crippen LogP contribution in [0.15, 0.2) is 35.9 Å². The molecule has 166 valence electrons. The third-order valence-electron chi connectivity index (χ3n) is 4.67. The predicted octanol–water partition coefficient (Wildman–Crippen LogP) is 2.79. The number of hydrogen-bond acceptors (Lipinski definition) is 7. The first kappa shape index (κ1) is 22.7. The van der Waals surface area contributed by atoms with Crippen LogP contribution in [0.5, 0.6) is 5.75 Å². The number of para-hydroxylation sites is 1. The van der Waals surface area contributed by atoms with Gasteiger partial charge in [-0.25, -0.2) is 22.8 Å². The van der Waals surface area contributed by atoms with Gasteiger partial charge >= 0.3 is 0 Å². The number of rotatable bonds is 9. The van der Waals surface area contributed by atoms with Gasteiger partial charge in [0.1, 0.15) is 17.2 Å². The van der Waals surface area contributed by atoms with E-state index in [4.69, 9.17) is 4.74 Å². The minimum Gasteiger partial charge on any atom is -0.493 e. The maximum absolute atomic E-state index is 14.0. The number of carbonyl (C=O) groups is 1. The number of nitrogens with zero attached hydrogens (tertiary/aromatic N) is 2. The zero-order chi connectivity index (χ0) is 22.6. The van der Waals surface area contributed by atoms with Crippen molar-refractivity contribution in [2.45, 2.75) is 38.3 Å². The van der Waals surface area contributed by atoms with Crippen molar-refractivity contribution in [2.75, 3.05) is 18.7 Å². The summed E-state index contributed by atoms with van der Waals surface area (Å²) >= 11 is 0. The number of carbonyl (C=O) groups excluding carboxylic acids is 1. The van der Waals surface area contributed by atoms with Crippen LogP contribution in [0.25, 0.3) is 0 Å². The molecule has 1 aliphatic carbocycles. The second kappa shape index (κ2) is 9.42. The fourth-order valence-electron chi connectivity index (χ4n) is 2.93. The van der Waals surface area contributed by atoms with Gasteiger partial charge in [0, 0.05) is 41.9 Å². The van der Waals surface area contributed by atoms with Gasteiger partial charge in [-0.1, -0.05) is 18.2 Å². The van der Waals surface area contributed by atoms with E-state index >= 15 is 0 Å². The monoisotopic (exact) mass is 448 g/mol. The first-order valence-corrected chi connectivity index (χ1v) is 11.7. The SMILES string of the molecule is COc1c(F)cccc1CNc1nc(C2CC2)ncc1C(=O)N[C@@H](C)/C=C/S(C)(=O)=O. The van der Waals surface area contributed by atoms with E-state index in [1.54, 1.807) is 19.1 Å². The second-order valence-electron chi connectivity index (χ2n) is 7.47. The van der Waals surface area contributed by atoms with E-state index in [1.165, 1.54) is 25.4 Å². The maximum Gasteiger partial charge on any atom is 0.257 e. The number of aromatic nitrogens is 2. The summed E-state index contributed by atoms with van der Waals surface area (Å²) in [4.78, 5) is 21.6. The number of ether oxygens (including phenoxy) is 1. The predicted molar refractivity (Wildman–Crippen MR) is 115 cm³/mol. The molecule has 1 fully saturated rings. The molecule has 0 radical (unpaired) electrons. The third kappa shape index (κ3) is 6.24. The Labute approximate surface area is 180 Å². The quantitative estimate of drug-likeness (QED) is 0.607. The van der Waals surface area contributed by atoms with E-state index in [-0.39, 0.29) is 23.8 Å². The molecule has 1 aromatic carbocycles. The molecule has 0 saturated heterocycles. The molecule has 31 heavy (non-hydrogen) atoms. The van der Waals surface area contributed by atoms with Crippen molar-refractivity contribution < 1.29 is 22.3 Å². The van der Waals surface area contributed by atoms with E-state index in [0.29, 0.717) is 17.2 Å². The fraction of sp³-hybridized carbons (Fsp3) is 0.381. The lowest BCUT2D eigenvalue weighted by Gasteiger charge is -2.15. The Hall–Kier alpha value is -3.01. The van der Waals surface area contributed by atoms with E-state index < -0.39 is 27.6 Å². The summed E-state index contributed by atoms with van der Waals surface area (Å²) in [6.07, 6.45) is 5.91. The van der Waals surface area contributed by atoms with Crippen LogP contribution in [-0.4, -0.2) is 43.7 Å². The average Bonchev–Trinajstić information content (AvgIpc) is 3.55. The van der Waals surface area contributed by atoms with Crippen molar-refractivity contribution in [1.29, 1.82) is 0 Å². The number of anilines is 1. The smallest absolute Gasteiger partial charge is 0.257 e. The van der Waals surface area contributed by atoms with Crippen LogP contribution >= 0.6 is 0 Å². The largest absolute Gasteiger partial charge is 0.493 e. The van der Waals surface area contributed by atoms with Crippen molar-refractivity contribution in [2.24, 2.45) is 0 Å². The van der Waals surface area contributed by atoms with Crippen molar-refractivity contribution in [3.8, 4) is 5.75 Å². The Balaban J connectivity index is 1.82. The van der Waals surface area contributed by atoms with Gasteiger partial charge in [-0.05, 0) is 25.8 Å². The van der Waals surface area contributed by atoms with Crippen molar-refractivity contribution >= 4 is 21.6 Å². The van der Waals surface area contributed by atoms with Gasteiger partial charge in [0.2, 0.25) is 0 Å². The highest BCUT2D eigenvalue weighted by Crippen LogP contribution is 2.38. The lowest BCUT2D eigenvalue weighted by molar-refractivity contribution is 0.0947. The van der Waals surface area contributed by atoms with Crippen LogP contribution < -0.4 is 15.4 Å². The third-order valence-corrected chi connectivity index (χ3v) is 5.32. The molecule has 1 atom stereocenters. The molecule has 10 heteroatoms. The zero-order valence-electron chi connectivity index (χ0n) is 17.6. The van der Waals surface area contributed by atoms with E-state index in [0.717, 1.165) is 24.5 Å². The van der Waals surface area contributed by atoms with Crippen LogP contribution in [0.1, 0.15) is 47.4 Å². The lowest BCUT2D eigenvalue weighted by atomic mass is 10.2. The minimum absolute atomic E-state index is 0.122. The molecule has 2 aromatic rings. The van der Waals surface area contributed by atoms with E-state index in [9.17, 15) is 17.6 Å². The lowest BCUT2D eigenvalue weighted by Crippen LogP contribution is -2.32. The number of halogens is 1. The number of methoxy groups -OCH3 is 1. The van der Waals surface area contributed by atoms with Crippen LogP contribution in [0.4, 0.5) is 10.2 Å². The topological polar surface area (TPSA) is 110 Å². The van der Waals surface area contributed by atoms with Crippen molar-refractivity contribution in [3.05, 3.63) is 58.6 Å². The second-order valence-corrected chi connectivity index (χ2v) is 9.40. The Kier molecular flexibility index (Phi) is 6.89. The maximum atomic E-state index is 14.0. The Bertz CT molecular complexity index is 1100. The molecule has 3 rings (SSSR count). The van der Waals surface area contributed by atoms with Crippen LogP contribution in [-0.2, 0) is 16.4 Å². The molecule has 0 bridgehead atoms. The summed E-state index contributed by atoms with van der Waals surface area (Å²) in [5, 5.41) is 6.84. The van der Waals surface area contributed by atoms with E-state index in [1.807, 2.05) is 0 Å². The molecule has 1 aromatic heterocycles. The molecule has 1 saturated carbocycles. The molecule has 0 spiro atoms. The van der Waals surface area contributed by atoms with Gasteiger partial charge in [-0.3, -0.25) is 4.79 Å². The number of amides is 1. The Morgan fingerprint density at radius 1 is 1.39 bits per heavy atom. The van der Waals surface area contributed by atoms with Gasteiger partial charge in [-0.15, -0.1) is 0 Å². The van der Waals surface area contributed by atoms with Crippen LogP contribution in [0, 0.1) is 5.82 Å². The molecule has 0 unspecified atom stereocenters. The summed E-state index contributed by atoms with van der Waals surface area (Å²) in [6.45, 7) is 1.84. The highest BCUT2D eigenvalue weighted by Gasteiger charge is 2.28. The van der Waals surface area contributed by atoms with Gasteiger partial charge in [0.25, 0.3) is 5.91 Å². The minimum atomic E-state index is -3.30. The van der Waals surface area contributed by atoms with Crippen LogP contribution in [0.2, 0.25) is 0 Å². The number of benzene rings is 1. The number of nitrogens with one attached hydrogen (secondary N) is 2. The van der Waals surface area contributed by atoms with Gasteiger partial charge in [0.15, 0.2) is 21.4 Å². The first-order valence-electron chi connectivity index (χ1n) is 9.79. The highest BCUT2D eigenvalue weighted by atomic mass is 32.2. The summed E-state index contributed by atoms with van der Waals surface area (Å²) in [5.41, 5.74) is 0.782. The first-order chi connectivity index (χ1) is 14.7. The standard InChI is InChI=1S/C21H25FN4O4S/c1-13(9-10-31(3,28)29)25-21(27)16-12-24-19(14-7-8-14)26-20(16)23-11-15-5-4-6-17(22)18(15)30-2/h4-6,9-10,12-14H,7-8,11H2,1-3H3,(H,25,27)(H,23,24,26)/b10-9+/t13-/m0/s1. The normalized spacial score (nSPS) is 15.0. The molecule has 8 nitrogen and oxygen atoms in total. The van der Waals surface area contributed by atoms with E-state index in [2.05, 4.69) is 20.6 Å². The fourth-order valence-corrected chi connectivity index (χ4v) is 3.45. The molecule has 0 aliphatic heterocycles. The number of sulfone groups is 1. The summed E-state index contributed by atoms with van der Waals surface area (Å²) < 4.78 is 41.7. The zero-order valence-corrected chi connectivity index (χ0v) is 18.4. The number of hydrogen-bond donors (Lipinski definition) is 2. The summed E-state index contributed by atoms with van der Waals surface area (Å²) in [7, 11) is -1.91. The molecule has 1 aliphatic rings. The highest BCUT2D eigenvalue weighted by molar-refractivity contribution is 7.93. The molecule has 2 N–H and O–H groups in total. The van der Waals surface area contributed by atoms with Crippen LogP contribution in [0.3, 0.4) is 0 Å². The summed E-state index contributed by atoms with van der Waals surface area (Å²) in [5.74, 6) is 0.430. The molecule has 1 amide bonds. The summed E-state index contributed by atoms with van der Waals surface area (Å²) in [6, 6.07) is 4.08. The molecular formula is C21H25FN4O4S. The van der Waals surface area contributed by atoms with Crippen molar-refractivity contribution in [1.82, 2.24) is 15.3 Å². The van der Waals surface area contributed by atoms with Gasteiger partial charge in [-0.2, -0.15) is 0 Å². The molecule has 1 heterocycles. The Morgan fingerprint density at radius 3 is 2.77 bits per heavy atom.